The van der Waals surface area contributed by atoms with Crippen LogP contribution in [0.2, 0.25) is 5.02 Å². The van der Waals surface area contributed by atoms with Crippen LogP contribution in [0.1, 0.15) is 31.2 Å². The molecule has 6 heteroatoms. The minimum absolute atomic E-state index is 0.0134. The fourth-order valence-corrected chi connectivity index (χ4v) is 2.68. The Morgan fingerprint density at radius 1 is 1.41 bits per heavy atom. The minimum Gasteiger partial charge on any atom is -0.355 e. The van der Waals surface area contributed by atoms with E-state index in [0.29, 0.717) is 18.0 Å². The highest BCUT2D eigenvalue weighted by atomic mass is 35.5. The lowest BCUT2D eigenvalue weighted by Crippen LogP contribution is -2.33. The number of hydrogen-bond donors (Lipinski definition) is 1. The zero-order valence-electron chi connectivity index (χ0n) is 13.1. The van der Waals surface area contributed by atoms with Gasteiger partial charge in [0.25, 0.3) is 0 Å². The molecule has 22 heavy (non-hydrogen) atoms. The van der Waals surface area contributed by atoms with Gasteiger partial charge >= 0.3 is 0 Å². The molecule has 1 atom stereocenters. The number of benzene rings is 1. The Labute approximate surface area is 135 Å². The number of hydrogen-bond acceptors (Lipinski definition) is 3. The summed E-state index contributed by atoms with van der Waals surface area (Å²) in [6.07, 6.45) is 2.31. The van der Waals surface area contributed by atoms with Crippen LogP contribution in [0.25, 0.3) is 0 Å². The van der Waals surface area contributed by atoms with Crippen LogP contribution in [0.4, 0.5) is 0 Å². The first kappa shape index (κ1) is 16.5. The van der Waals surface area contributed by atoms with Gasteiger partial charge in [-0.25, -0.2) is 0 Å². The van der Waals surface area contributed by atoms with Gasteiger partial charge in [-0.15, -0.1) is 10.2 Å². The van der Waals surface area contributed by atoms with E-state index < -0.39 is 0 Å². The Morgan fingerprint density at radius 2 is 2.18 bits per heavy atom. The average molecular weight is 321 g/mol. The molecule has 2 aromatic rings. The molecule has 0 radical (unpaired) electrons. The molecule has 2 rings (SSSR count). The van der Waals surface area contributed by atoms with Crippen LogP contribution < -0.4 is 5.32 Å². The normalized spacial score (nSPS) is 12.4. The number of carbonyl (C=O) groups is 1. The molecule has 118 valence electrons. The van der Waals surface area contributed by atoms with Crippen molar-refractivity contribution in [3.8, 4) is 0 Å². The summed E-state index contributed by atoms with van der Waals surface area (Å²) < 4.78 is 1.85. The Kier molecular flexibility index (Phi) is 5.55. The second kappa shape index (κ2) is 7.40. The molecule has 1 amide bonds. The highest BCUT2D eigenvalue weighted by Gasteiger charge is 2.24. The number of amides is 1. The molecular weight excluding hydrogens is 300 g/mol. The van der Waals surface area contributed by atoms with Crippen LogP contribution >= 0.6 is 11.6 Å². The van der Waals surface area contributed by atoms with Crippen molar-refractivity contribution in [1.82, 2.24) is 20.1 Å². The lowest BCUT2D eigenvalue weighted by atomic mass is 9.87. The Hall–Kier alpha value is -1.88. The molecule has 0 aliphatic carbocycles. The summed E-state index contributed by atoms with van der Waals surface area (Å²) in [6, 6.07) is 7.49. The molecule has 5 nitrogen and oxygen atoms in total. The molecule has 0 saturated heterocycles. The largest absolute Gasteiger partial charge is 0.355 e. The van der Waals surface area contributed by atoms with Crippen LogP contribution in [0.5, 0.6) is 0 Å². The monoisotopic (exact) mass is 320 g/mol. The van der Waals surface area contributed by atoms with Crippen molar-refractivity contribution < 1.29 is 4.79 Å². The molecule has 1 N–H and O–H groups in total. The van der Waals surface area contributed by atoms with Gasteiger partial charge in [0.15, 0.2) is 0 Å². The Balaban J connectivity index is 2.00. The van der Waals surface area contributed by atoms with E-state index in [2.05, 4.69) is 15.5 Å². The molecule has 0 saturated carbocycles. The first-order valence-corrected chi connectivity index (χ1v) is 7.73. The number of aryl methyl sites for hydroxylation is 1. The van der Waals surface area contributed by atoms with Gasteiger partial charge in [-0.3, -0.25) is 4.79 Å². The van der Waals surface area contributed by atoms with Crippen molar-refractivity contribution in [3.63, 3.8) is 0 Å². The molecule has 0 bridgehead atoms. The number of nitrogens with zero attached hydrogens (tertiary/aromatic N) is 3. The topological polar surface area (TPSA) is 59.8 Å². The van der Waals surface area contributed by atoms with Crippen molar-refractivity contribution in [2.75, 3.05) is 6.54 Å². The SMILES string of the molecule is CC(C)[C@H](C(=O)NCCc1nncn1C)c1cccc(Cl)c1. The van der Waals surface area contributed by atoms with E-state index in [1.165, 1.54) is 0 Å². The average Bonchev–Trinajstić information content (AvgIpc) is 2.84. The number of halogens is 1. The molecule has 0 fully saturated rings. The summed E-state index contributed by atoms with van der Waals surface area (Å²) in [7, 11) is 1.89. The van der Waals surface area contributed by atoms with Crippen molar-refractivity contribution in [2.24, 2.45) is 13.0 Å². The van der Waals surface area contributed by atoms with Gasteiger partial charge in [-0.1, -0.05) is 37.6 Å². The van der Waals surface area contributed by atoms with Gasteiger partial charge in [0.05, 0.1) is 5.92 Å². The molecule has 0 aliphatic rings. The van der Waals surface area contributed by atoms with E-state index in [0.717, 1.165) is 11.4 Å². The smallest absolute Gasteiger partial charge is 0.227 e. The van der Waals surface area contributed by atoms with E-state index in [-0.39, 0.29) is 17.7 Å². The van der Waals surface area contributed by atoms with Gasteiger partial charge in [0, 0.05) is 25.0 Å². The summed E-state index contributed by atoms with van der Waals surface area (Å²) in [6.45, 7) is 4.61. The quantitative estimate of drug-likeness (QED) is 0.890. The van der Waals surface area contributed by atoms with Crippen molar-refractivity contribution in [1.29, 1.82) is 0 Å². The van der Waals surface area contributed by atoms with E-state index >= 15 is 0 Å². The van der Waals surface area contributed by atoms with E-state index in [4.69, 9.17) is 11.6 Å². The molecule has 1 aromatic heterocycles. The van der Waals surface area contributed by atoms with Crippen molar-refractivity contribution >= 4 is 17.5 Å². The maximum absolute atomic E-state index is 12.5. The first-order chi connectivity index (χ1) is 10.5. The van der Waals surface area contributed by atoms with Crippen LogP contribution in [-0.4, -0.2) is 27.2 Å². The second-order valence-corrected chi connectivity index (χ2v) is 6.11. The number of rotatable bonds is 6. The number of carbonyl (C=O) groups excluding carboxylic acids is 1. The standard InChI is InChI=1S/C16H21ClN4O/c1-11(2)15(12-5-4-6-13(17)9-12)16(22)18-8-7-14-20-19-10-21(14)3/h4-6,9-11,15H,7-8H2,1-3H3,(H,18,22)/t15-/m0/s1. The van der Waals surface area contributed by atoms with E-state index in [9.17, 15) is 4.79 Å². The third kappa shape index (κ3) is 4.07. The maximum atomic E-state index is 12.5. The van der Waals surface area contributed by atoms with Gasteiger partial charge in [-0.2, -0.15) is 0 Å². The van der Waals surface area contributed by atoms with Gasteiger partial charge in [0.1, 0.15) is 12.2 Å². The van der Waals surface area contributed by atoms with Crippen molar-refractivity contribution in [2.45, 2.75) is 26.2 Å². The summed E-state index contributed by atoms with van der Waals surface area (Å²) in [4.78, 5) is 12.5. The van der Waals surface area contributed by atoms with Gasteiger partial charge in [0.2, 0.25) is 5.91 Å². The number of aromatic nitrogens is 3. The third-order valence-electron chi connectivity index (χ3n) is 3.61. The summed E-state index contributed by atoms with van der Waals surface area (Å²) in [5, 5.41) is 11.5. The molecule has 0 spiro atoms. The molecule has 0 aliphatic heterocycles. The lowest BCUT2D eigenvalue weighted by Gasteiger charge is -2.21. The predicted octanol–water partition coefficient (Wildman–Crippen LogP) is 2.57. The van der Waals surface area contributed by atoms with Crippen LogP contribution in [0.15, 0.2) is 30.6 Å². The van der Waals surface area contributed by atoms with Crippen molar-refractivity contribution in [3.05, 3.63) is 47.0 Å². The predicted molar refractivity (Wildman–Crippen MR) is 86.7 cm³/mol. The molecule has 0 unspecified atom stereocenters. The lowest BCUT2D eigenvalue weighted by molar-refractivity contribution is -0.123. The van der Waals surface area contributed by atoms with E-state index in [1.807, 2.05) is 49.7 Å². The highest BCUT2D eigenvalue weighted by Crippen LogP contribution is 2.26. The zero-order chi connectivity index (χ0) is 16.1. The summed E-state index contributed by atoms with van der Waals surface area (Å²) in [5.41, 5.74) is 0.943. The van der Waals surface area contributed by atoms with Crippen LogP contribution in [0.3, 0.4) is 0 Å². The fourth-order valence-electron chi connectivity index (χ4n) is 2.48. The Morgan fingerprint density at radius 3 is 2.77 bits per heavy atom. The second-order valence-electron chi connectivity index (χ2n) is 5.68. The minimum atomic E-state index is -0.210. The molecule has 1 heterocycles. The van der Waals surface area contributed by atoms with Crippen LogP contribution in [0, 0.1) is 5.92 Å². The molecule has 1 aromatic carbocycles. The number of nitrogens with one attached hydrogen (secondary N) is 1. The zero-order valence-corrected chi connectivity index (χ0v) is 13.8. The van der Waals surface area contributed by atoms with Gasteiger partial charge < -0.3 is 9.88 Å². The molecular formula is C16H21ClN4O. The highest BCUT2D eigenvalue weighted by molar-refractivity contribution is 6.30. The summed E-state index contributed by atoms with van der Waals surface area (Å²) >= 11 is 6.04. The van der Waals surface area contributed by atoms with E-state index in [1.54, 1.807) is 6.33 Å². The third-order valence-corrected chi connectivity index (χ3v) is 3.85. The Bertz CT molecular complexity index is 639. The first-order valence-electron chi connectivity index (χ1n) is 7.35. The van der Waals surface area contributed by atoms with Gasteiger partial charge in [-0.05, 0) is 23.6 Å². The van der Waals surface area contributed by atoms with Crippen LogP contribution in [-0.2, 0) is 18.3 Å². The summed E-state index contributed by atoms with van der Waals surface area (Å²) in [5.74, 6) is 0.843. The maximum Gasteiger partial charge on any atom is 0.227 e. The fraction of sp³-hybridized carbons (Fsp3) is 0.438.